The molecule has 212 valence electrons. The molecule has 0 aromatic carbocycles. The summed E-state index contributed by atoms with van der Waals surface area (Å²) < 4.78 is 11.3. The number of rotatable bonds is 17. The number of amides is 1. The number of aliphatic hydroxyl groups is 1. The van der Waals surface area contributed by atoms with Crippen molar-refractivity contribution in [2.24, 2.45) is 11.8 Å². The van der Waals surface area contributed by atoms with Crippen LogP contribution >= 0.6 is 6.89 Å². The predicted molar refractivity (Wildman–Crippen MR) is 151 cm³/mol. The van der Waals surface area contributed by atoms with E-state index in [4.69, 9.17) is 9.47 Å². The van der Waals surface area contributed by atoms with Gasteiger partial charge in [-0.15, -0.1) is 0 Å². The maximum atomic E-state index is 13.8. The van der Waals surface area contributed by atoms with Gasteiger partial charge in [-0.05, 0) is 57.5 Å². The third-order valence-electron chi connectivity index (χ3n) is 7.93. The number of unbranched alkanes of at least 4 members (excludes halogenated alkanes) is 3. The van der Waals surface area contributed by atoms with Crippen molar-refractivity contribution in [1.29, 1.82) is 0 Å². The minimum absolute atomic E-state index is 0.0518. The Bertz CT molecular complexity index is 819. The molecule has 0 aromatic heterocycles. The van der Waals surface area contributed by atoms with Crippen molar-refractivity contribution >= 4 is 30.0 Å². The van der Waals surface area contributed by atoms with Gasteiger partial charge < -0.3 is 19.5 Å². The van der Waals surface area contributed by atoms with Gasteiger partial charge in [-0.1, -0.05) is 66.5 Å². The molecule has 0 aliphatic carbocycles. The SMILES string of the molecule is C=CCOC(=O)C(N1C(=O)[C@H]([C@@H](C)O)[C@H]1[C@@H](C)C(=O)[C@@H]1CCCO1)=P(CCCC)(CCCC)CCCC. The average Bonchev–Trinajstić information content (AvgIpc) is 3.42. The summed E-state index contributed by atoms with van der Waals surface area (Å²) in [7, 11) is 0. The summed E-state index contributed by atoms with van der Waals surface area (Å²) in [4.78, 5) is 42.6. The molecule has 1 N–H and O–H groups in total. The zero-order valence-electron chi connectivity index (χ0n) is 23.7. The van der Waals surface area contributed by atoms with Crippen LogP contribution in [-0.2, 0) is 23.9 Å². The van der Waals surface area contributed by atoms with E-state index in [1.54, 1.807) is 11.8 Å². The fourth-order valence-electron chi connectivity index (χ4n) is 5.82. The third kappa shape index (κ3) is 7.36. The Balaban J connectivity index is 2.72. The van der Waals surface area contributed by atoms with Crippen LogP contribution in [0.1, 0.15) is 86.0 Å². The number of Topliss-reactive ketones (excluding diaryl/α,β-unsaturated/α-hetero) is 1. The van der Waals surface area contributed by atoms with Crippen LogP contribution in [0.3, 0.4) is 0 Å². The topological polar surface area (TPSA) is 93.1 Å². The second-order valence-electron chi connectivity index (χ2n) is 10.7. The summed E-state index contributed by atoms with van der Waals surface area (Å²) in [6, 6.07) is -0.584. The van der Waals surface area contributed by atoms with Crippen LogP contribution in [-0.4, -0.2) is 83.0 Å². The number of β-lactam (4-membered cyclic amide) rings is 1. The van der Waals surface area contributed by atoms with Crippen LogP contribution in [0.2, 0.25) is 0 Å². The number of ether oxygens (including phenoxy) is 2. The highest BCUT2D eigenvalue weighted by Gasteiger charge is 2.57. The highest BCUT2D eigenvalue weighted by Crippen LogP contribution is 2.54. The summed E-state index contributed by atoms with van der Waals surface area (Å²) in [5, 5.41) is 10.6. The monoisotopic (exact) mass is 539 g/mol. The maximum Gasteiger partial charge on any atom is 0.355 e. The van der Waals surface area contributed by atoms with Crippen LogP contribution in [0.5, 0.6) is 0 Å². The van der Waals surface area contributed by atoms with Gasteiger partial charge in [-0.2, -0.15) is 0 Å². The highest BCUT2D eigenvalue weighted by atomic mass is 31.2. The number of esters is 1. The van der Waals surface area contributed by atoms with Gasteiger partial charge in [-0.3, -0.25) is 9.59 Å². The first kappa shape index (κ1) is 31.8. The van der Waals surface area contributed by atoms with Gasteiger partial charge in [0.1, 0.15) is 18.1 Å². The van der Waals surface area contributed by atoms with Gasteiger partial charge in [0.25, 0.3) is 0 Å². The molecule has 0 spiro atoms. The van der Waals surface area contributed by atoms with E-state index >= 15 is 0 Å². The van der Waals surface area contributed by atoms with Crippen molar-refractivity contribution in [3.8, 4) is 0 Å². The lowest BCUT2D eigenvalue weighted by molar-refractivity contribution is -0.163. The van der Waals surface area contributed by atoms with E-state index in [9.17, 15) is 19.5 Å². The first-order valence-corrected chi connectivity index (χ1v) is 16.7. The van der Waals surface area contributed by atoms with Crippen molar-refractivity contribution in [1.82, 2.24) is 4.90 Å². The van der Waals surface area contributed by atoms with E-state index < -0.39 is 42.9 Å². The van der Waals surface area contributed by atoms with Gasteiger partial charge in [0.05, 0.1) is 18.1 Å². The fourth-order valence-corrected chi connectivity index (χ4v) is 11.0. The second-order valence-corrected chi connectivity index (χ2v) is 14.8. The number of aliphatic hydroxyl groups excluding tert-OH is 1. The van der Waals surface area contributed by atoms with E-state index in [1.807, 2.05) is 6.92 Å². The minimum Gasteiger partial charge on any atom is -0.457 e. The number of carbonyl (C=O) groups excluding carboxylic acids is 3. The Hall–Kier alpha value is -1.43. The third-order valence-corrected chi connectivity index (χ3v) is 12.7. The predicted octanol–water partition coefficient (Wildman–Crippen LogP) is 4.86. The fraction of sp³-hybridized carbons (Fsp3) is 0.793. The molecule has 5 atom stereocenters. The van der Waals surface area contributed by atoms with E-state index in [1.165, 1.54) is 6.08 Å². The van der Waals surface area contributed by atoms with Crippen LogP contribution in [0.25, 0.3) is 0 Å². The van der Waals surface area contributed by atoms with Gasteiger partial charge in [0.15, 0.2) is 5.78 Å². The molecule has 37 heavy (non-hydrogen) atoms. The Morgan fingerprint density at radius 3 is 2.14 bits per heavy atom. The van der Waals surface area contributed by atoms with Crippen LogP contribution < -0.4 is 0 Å². The number of hydrogen-bond donors (Lipinski definition) is 1. The summed E-state index contributed by atoms with van der Waals surface area (Å²) in [5.41, 5.74) is 0.489. The molecule has 2 saturated heterocycles. The molecule has 0 bridgehead atoms. The molecule has 2 fully saturated rings. The van der Waals surface area contributed by atoms with E-state index in [-0.39, 0.29) is 18.3 Å². The van der Waals surface area contributed by atoms with Crippen LogP contribution in [0, 0.1) is 11.8 Å². The number of carbonyl (C=O) groups is 3. The lowest BCUT2D eigenvalue weighted by Crippen LogP contribution is -2.70. The molecule has 0 saturated carbocycles. The molecule has 2 aliphatic heterocycles. The summed E-state index contributed by atoms with van der Waals surface area (Å²) in [6.45, 7) is 12.1. The normalized spacial score (nSPS) is 23.4. The largest absolute Gasteiger partial charge is 0.457 e. The van der Waals surface area contributed by atoms with Gasteiger partial charge in [0.2, 0.25) is 5.91 Å². The van der Waals surface area contributed by atoms with Crippen molar-refractivity contribution in [3.63, 3.8) is 0 Å². The molecular weight excluding hydrogens is 489 g/mol. The van der Waals surface area contributed by atoms with Gasteiger partial charge in [-0.25, -0.2) is 4.79 Å². The van der Waals surface area contributed by atoms with Crippen LogP contribution in [0.4, 0.5) is 0 Å². The quantitative estimate of drug-likeness (QED) is 0.123. The lowest BCUT2D eigenvalue weighted by atomic mass is 9.74. The Kier molecular flexibility index (Phi) is 13.1. The molecule has 0 radical (unpaired) electrons. The van der Waals surface area contributed by atoms with Gasteiger partial charge >= 0.3 is 5.97 Å². The minimum atomic E-state index is -2.11. The number of hydrogen-bond acceptors (Lipinski definition) is 6. The Morgan fingerprint density at radius 1 is 1.14 bits per heavy atom. The van der Waals surface area contributed by atoms with E-state index in [0.717, 1.165) is 63.4 Å². The van der Waals surface area contributed by atoms with Crippen LogP contribution in [0.15, 0.2) is 12.7 Å². The molecule has 0 unspecified atom stereocenters. The molecule has 2 rings (SSSR count). The average molecular weight is 540 g/mol. The first-order chi connectivity index (χ1) is 17.7. The zero-order valence-corrected chi connectivity index (χ0v) is 24.6. The second kappa shape index (κ2) is 15.2. The molecule has 2 aliphatic rings. The Morgan fingerprint density at radius 2 is 1.70 bits per heavy atom. The standard InChI is InChI=1S/C29H50NO6P/c1-7-11-18-37(19-12-8-2,20-13-9-3)28(29(34)36-16-10-4)30-25(24(22(6)31)27(30)33)21(5)26(32)23-15-14-17-35-23/h10,21-25,31H,4,7-9,11-20H2,1-3,5-6H3/t21-,22-,23+,24-,25-/m1/s1. The van der Waals surface area contributed by atoms with E-state index in [0.29, 0.717) is 18.4 Å². The summed E-state index contributed by atoms with van der Waals surface area (Å²) in [5.74, 6) is -2.08. The van der Waals surface area contributed by atoms with Gasteiger partial charge in [0, 0.05) is 12.5 Å². The van der Waals surface area contributed by atoms with Crippen molar-refractivity contribution in [3.05, 3.63) is 12.7 Å². The number of nitrogens with zero attached hydrogens (tertiary/aromatic N) is 1. The zero-order chi connectivity index (χ0) is 27.6. The summed E-state index contributed by atoms with van der Waals surface area (Å²) >= 11 is 0. The van der Waals surface area contributed by atoms with E-state index in [2.05, 4.69) is 27.4 Å². The molecule has 7 nitrogen and oxygen atoms in total. The Labute approximate surface area is 224 Å². The van der Waals surface area contributed by atoms with Crippen molar-refractivity contribution in [2.75, 3.05) is 31.7 Å². The number of ketones is 1. The smallest absolute Gasteiger partial charge is 0.355 e. The molecule has 0 aromatic rings. The number of likely N-dealkylation sites (tertiary alicyclic amines) is 1. The maximum absolute atomic E-state index is 13.8. The van der Waals surface area contributed by atoms with Crippen molar-refractivity contribution < 1.29 is 29.0 Å². The highest BCUT2D eigenvalue weighted by molar-refractivity contribution is 7.77. The molecule has 1 amide bonds. The summed E-state index contributed by atoms with van der Waals surface area (Å²) in [6.07, 6.45) is 10.2. The molecular formula is C29H50NO6P. The molecule has 2 heterocycles. The molecule has 8 heteroatoms. The van der Waals surface area contributed by atoms with Crippen molar-refractivity contribution in [2.45, 2.75) is 104 Å². The first-order valence-electron chi connectivity index (χ1n) is 14.4. The lowest BCUT2D eigenvalue weighted by Gasteiger charge is -2.53.